The molecule has 0 saturated heterocycles. The molecule has 1 atom stereocenters. The van der Waals surface area contributed by atoms with E-state index in [1.165, 1.54) is 4.90 Å². The van der Waals surface area contributed by atoms with E-state index in [0.29, 0.717) is 12.0 Å². The predicted octanol–water partition coefficient (Wildman–Crippen LogP) is 2.50. The fourth-order valence-electron chi connectivity index (χ4n) is 2.05. The van der Waals surface area contributed by atoms with Crippen molar-refractivity contribution in [3.05, 3.63) is 47.7 Å². The molecule has 0 aliphatic carbocycles. The molecule has 0 spiro atoms. The van der Waals surface area contributed by atoms with E-state index in [9.17, 15) is 9.59 Å². The summed E-state index contributed by atoms with van der Waals surface area (Å²) in [6.45, 7) is 1.92. The van der Waals surface area contributed by atoms with Gasteiger partial charge in [0.25, 0.3) is 0 Å². The molecular weight excluding hydrogens is 246 g/mol. The number of hydrogen-bond donors (Lipinski definition) is 1. The molecule has 0 saturated carbocycles. The molecule has 0 fully saturated rings. The van der Waals surface area contributed by atoms with E-state index in [1.54, 1.807) is 30.5 Å². The SMILES string of the molecule is CC1=CN(C(=O)O)C(COC(=O)c2ccccc2)C1. The second kappa shape index (κ2) is 5.56. The van der Waals surface area contributed by atoms with Gasteiger partial charge in [-0.15, -0.1) is 0 Å². The zero-order valence-electron chi connectivity index (χ0n) is 10.6. The van der Waals surface area contributed by atoms with Crippen molar-refractivity contribution in [2.75, 3.05) is 6.61 Å². The summed E-state index contributed by atoms with van der Waals surface area (Å²) in [7, 11) is 0. The van der Waals surface area contributed by atoms with Gasteiger partial charge in [-0.25, -0.2) is 9.59 Å². The highest BCUT2D eigenvalue weighted by atomic mass is 16.5. The Kier molecular flexibility index (Phi) is 3.85. The number of carboxylic acid groups (broad SMARTS) is 1. The minimum absolute atomic E-state index is 0.0634. The van der Waals surface area contributed by atoms with E-state index < -0.39 is 12.1 Å². The molecule has 1 aromatic rings. The first-order valence-corrected chi connectivity index (χ1v) is 5.98. The van der Waals surface area contributed by atoms with Gasteiger partial charge >= 0.3 is 12.1 Å². The van der Waals surface area contributed by atoms with Crippen LogP contribution in [0.2, 0.25) is 0 Å². The third kappa shape index (κ3) is 3.13. The van der Waals surface area contributed by atoms with Gasteiger partial charge in [-0.1, -0.05) is 23.8 Å². The van der Waals surface area contributed by atoms with Gasteiger partial charge in [0.2, 0.25) is 0 Å². The molecule has 100 valence electrons. The lowest BCUT2D eigenvalue weighted by Crippen LogP contribution is -2.35. The van der Waals surface area contributed by atoms with Crippen LogP contribution in [-0.4, -0.2) is 34.7 Å². The molecule has 1 heterocycles. The Labute approximate surface area is 111 Å². The standard InChI is InChI=1S/C14H15NO4/c1-10-7-12(15(8-10)14(17)18)9-19-13(16)11-5-3-2-4-6-11/h2-6,8,12H,7,9H2,1H3,(H,17,18). The van der Waals surface area contributed by atoms with Gasteiger partial charge in [0.05, 0.1) is 11.6 Å². The third-order valence-corrected chi connectivity index (χ3v) is 2.95. The number of carbonyl (C=O) groups is 2. The van der Waals surface area contributed by atoms with Crippen molar-refractivity contribution in [2.45, 2.75) is 19.4 Å². The number of rotatable bonds is 3. The molecule has 1 amide bonds. The Morgan fingerprint density at radius 3 is 2.68 bits per heavy atom. The number of amides is 1. The summed E-state index contributed by atoms with van der Waals surface area (Å²) in [6.07, 6.45) is 1.13. The fraction of sp³-hybridized carbons (Fsp3) is 0.286. The summed E-state index contributed by atoms with van der Waals surface area (Å²) in [4.78, 5) is 24.0. The highest BCUT2D eigenvalue weighted by Crippen LogP contribution is 2.21. The van der Waals surface area contributed by atoms with Crippen molar-refractivity contribution in [3.8, 4) is 0 Å². The molecule has 1 aliphatic rings. The van der Waals surface area contributed by atoms with Gasteiger partial charge < -0.3 is 9.84 Å². The maximum atomic E-state index is 11.8. The summed E-state index contributed by atoms with van der Waals surface area (Å²) >= 11 is 0. The molecule has 0 bridgehead atoms. The molecule has 5 heteroatoms. The second-order valence-corrected chi connectivity index (χ2v) is 4.49. The van der Waals surface area contributed by atoms with Crippen molar-refractivity contribution < 1.29 is 19.4 Å². The highest BCUT2D eigenvalue weighted by Gasteiger charge is 2.28. The number of esters is 1. The number of carbonyl (C=O) groups excluding carboxylic acids is 1. The summed E-state index contributed by atoms with van der Waals surface area (Å²) in [6, 6.07) is 8.31. The van der Waals surface area contributed by atoms with Gasteiger partial charge in [0.1, 0.15) is 6.61 Å². The van der Waals surface area contributed by atoms with Gasteiger partial charge in [0.15, 0.2) is 0 Å². The first-order chi connectivity index (χ1) is 9.08. The van der Waals surface area contributed by atoms with Crippen LogP contribution in [0, 0.1) is 0 Å². The third-order valence-electron chi connectivity index (χ3n) is 2.95. The van der Waals surface area contributed by atoms with E-state index in [0.717, 1.165) is 5.57 Å². The minimum Gasteiger partial charge on any atom is -0.465 e. The van der Waals surface area contributed by atoms with Gasteiger partial charge in [-0.2, -0.15) is 0 Å². The Bertz CT molecular complexity index is 509. The zero-order valence-corrected chi connectivity index (χ0v) is 10.6. The first-order valence-electron chi connectivity index (χ1n) is 5.98. The van der Waals surface area contributed by atoms with Crippen LogP contribution in [-0.2, 0) is 4.74 Å². The Balaban J connectivity index is 1.93. The van der Waals surface area contributed by atoms with Crippen LogP contribution in [0.15, 0.2) is 42.1 Å². The van der Waals surface area contributed by atoms with E-state index >= 15 is 0 Å². The van der Waals surface area contributed by atoms with Crippen molar-refractivity contribution in [1.82, 2.24) is 4.90 Å². The predicted molar refractivity (Wildman–Crippen MR) is 68.8 cm³/mol. The van der Waals surface area contributed by atoms with Crippen LogP contribution in [0.1, 0.15) is 23.7 Å². The normalized spacial score (nSPS) is 18.1. The molecule has 19 heavy (non-hydrogen) atoms. The zero-order chi connectivity index (χ0) is 13.8. The maximum Gasteiger partial charge on any atom is 0.411 e. The number of nitrogens with zero attached hydrogens (tertiary/aromatic N) is 1. The molecule has 1 aromatic carbocycles. The molecule has 5 nitrogen and oxygen atoms in total. The van der Waals surface area contributed by atoms with Gasteiger partial charge in [-0.05, 0) is 25.5 Å². The molecule has 1 N–H and O–H groups in total. The van der Waals surface area contributed by atoms with E-state index in [2.05, 4.69) is 0 Å². The molecule has 2 rings (SSSR count). The smallest absolute Gasteiger partial charge is 0.411 e. The fourth-order valence-corrected chi connectivity index (χ4v) is 2.05. The quantitative estimate of drug-likeness (QED) is 0.849. The van der Waals surface area contributed by atoms with E-state index in [1.807, 2.05) is 13.0 Å². The average molecular weight is 261 g/mol. The van der Waals surface area contributed by atoms with Crippen LogP contribution in [0.25, 0.3) is 0 Å². The molecule has 1 unspecified atom stereocenters. The molecule has 1 aliphatic heterocycles. The monoisotopic (exact) mass is 261 g/mol. The second-order valence-electron chi connectivity index (χ2n) is 4.49. The largest absolute Gasteiger partial charge is 0.465 e. The number of ether oxygens (including phenoxy) is 1. The topological polar surface area (TPSA) is 66.8 Å². The lowest BCUT2D eigenvalue weighted by atomic mass is 10.1. The number of benzene rings is 1. The van der Waals surface area contributed by atoms with E-state index in [4.69, 9.17) is 9.84 Å². The van der Waals surface area contributed by atoms with Crippen LogP contribution in [0.3, 0.4) is 0 Å². The van der Waals surface area contributed by atoms with Gasteiger partial charge in [0, 0.05) is 6.20 Å². The van der Waals surface area contributed by atoms with Crippen molar-refractivity contribution in [3.63, 3.8) is 0 Å². The molecule has 0 aromatic heterocycles. The summed E-state index contributed by atoms with van der Waals surface area (Å²) in [5.41, 5.74) is 1.43. The first kappa shape index (κ1) is 13.1. The Morgan fingerprint density at radius 2 is 2.05 bits per heavy atom. The summed E-state index contributed by atoms with van der Waals surface area (Å²) in [5.74, 6) is -0.435. The molecule has 0 radical (unpaired) electrons. The Hall–Kier alpha value is -2.30. The van der Waals surface area contributed by atoms with Crippen LogP contribution < -0.4 is 0 Å². The Morgan fingerprint density at radius 1 is 1.37 bits per heavy atom. The average Bonchev–Trinajstić information content (AvgIpc) is 2.78. The lowest BCUT2D eigenvalue weighted by Gasteiger charge is -2.20. The van der Waals surface area contributed by atoms with Crippen molar-refractivity contribution in [1.29, 1.82) is 0 Å². The minimum atomic E-state index is -1.03. The van der Waals surface area contributed by atoms with Crippen LogP contribution in [0.5, 0.6) is 0 Å². The van der Waals surface area contributed by atoms with Crippen molar-refractivity contribution in [2.24, 2.45) is 0 Å². The summed E-state index contributed by atoms with van der Waals surface area (Å²) in [5, 5.41) is 9.02. The maximum absolute atomic E-state index is 11.8. The lowest BCUT2D eigenvalue weighted by molar-refractivity contribution is 0.0410. The van der Waals surface area contributed by atoms with Gasteiger partial charge in [-0.3, -0.25) is 4.90 Å². The van der Waals surface area contributed by atoms with Crippen LogP contribution in [0.4, 0.5) is 4.79 Å². The molecular formula is C14H15NO4. The van der Waals surface area contributed by atoms with E-state index in [-0.39, 0.29) is 12.6 Å². The number of hydrogen-bond acceptors (Lipinski definition) is 3. The van der Waals surface area contributed by atoms with Crippen LogP contribution >= 0.6 is 0 Å². The van der Waals surface area contributed by atoms with Crippen molar-refractivity contribution >= 4 is 12.1 Å². The summed E-state index contributed by atoms with van der Waals surface area (Å²) < 4.78 is 5.16. The highest BCUT2D eigenvalue weighted by molar-refractivity contribution is 5.89.